The molecule has 30 heavy (non-hydrogen) atoms. The molecule has 1 aliphatic carbocycles. The number of carbonyl (C=O) groups excluding carboxylic acids is 2. The van der Waals surface area contributed by atoms with Gasteiger partial charge in [0.2, 0.25) is 5.91 Å². The zero-order valence-electron chi connectivity index (χ0n) is 18.0. The molecule has 2 aromatic rings. The third-order valence-corrected chi connectivity index (χ3v) is 6.21. The Balaban J connectivity index is 1.60. The fourth-order valence-corrected chi connectivity index (χ4v) is 3.94. The van der Waals surface area contributed by atoms with Crippen molar-refractivity contribution in [1.82, 2.24) is 15.5 Å². The highest BCUT2D eigenvalue weighted by molar-refractivity contribution is 5.94. The van der Waals surface area contributed by atoms with Gasteiger partial charge in [-0.25, -0.2) is 4.39 Å². The van der Waals surface area contributed by atoms with E-state index in [4.69, 9.17) is 0 Å². The molecular formula is C24H30FN3O2. The summed E-state index contributed by atoms with van der Waals surface area (Å²) in [6.07, 6.45) is 1.42. The van der Waals surface area contributed by atoms with E-state index in [1.165, 1.54) is 24.7 Å². The molecule has 0 bridgehead atoms. The second-order valence-electron chi connectivity index (χ2n) is 8.50. The van der Waals surface area contributed by atoms with Crippen molar-refractivity contribution >= 4 is 11.8 Å². The molecule has 6 heteroatoms. The van der Waals surface area contributed by atoms with Gasteiger partial charge in [0.15, 0.2) is 0 Å². The maximum atomic E-state index is 14.3. The predicted molar refractivity (Wildman–Crippen MR) is 116 cm³/mol. The third kappa shape index (κ3) is 4.70. The molecule has 160 valence electrons. The molecule has 0 unspecified atom stereocenters. The lowest BCUT2D eigenvalue weighted by atomic mass is 9.95. The van der Waals surface area contributed by atoms with Crippen LogP contribution in [-0.2, 0) is 16.6 Å². The van der Waals surface area contributed by atoms with Gasteiger partial charge in [-0.3, -0.25) is 9.59 Å². The van der Waals surface area contributed by atoms with E-state index >= 15 is 0 Å². The maximum Gasteiger partial charge on any atom is 0.253 e. The van der Waals surface area contributed by atoms with Gasteiger partial charge in [-0.1, -0.05) is 43.3 Å². The normalized spacial score (nSPS) is 21.2. The summed E-state index contributed by atoms with van der Waals surface area (Å²) >= 11 is 0. The first kappa shape index (κ1) is 22.0. The van der Waals surface area contributed by atoms with E-state index in [2.05, 4.69) is 29.7 Å². The molecule has 5 nitrogen and oxygen atoms in total. The van der Waals surface area contributed by atoms with Gasteiger partial charge in [-0.15, -0.1) is 0 Å². The Labute approximate surface area is 177 Å². The Morgan fingerprint density at radius 2 is 1.90 bits per heavy atom. The fourth-order valence-electron chi connectivity index (χ4n) is 3.94. The summed E-state index contributed by atoms with van der Waals surface area (Å²) in [7, 11) is 5.36. The zero-order chi connectivity index (χ0) is 21.9. The van der Waals surface area contributed by atoms with Crippen LogP contribution in [0.4, 0.5) is 4.39 Å². The van der Waals surface area contributed by atoms with Crippen molar-refractivity contribution in [2.75, 3.05) is 27.7 Å². The molecule has 1 saturated carbocycles. The summed E-state index contributed by atoms with van der Waals surface area (Å²) in [6.45, 7) is 2.61. The number of likely N-dealkylation sites (N-methyl/N-ethyl adjacent to an activating group) is 1. The highest BCUT2D eigenvalue weighted by Gasteiger charge is 2.55. The molecule has 0 radical (unpaired) electrons. The number of hydrogen-bond donors (Lipinski definition) is 2. The van der Waals surface area contributed by atoms with Gasteiger partial charge in [0, 0.05) is 31.0 Å². The SMILES string of the molecule is CNC(=O)c1ccc(C[C@@H](CNC(=O)[C@@H]2C[C@]2(C)c2ccccc2)N(C)C)cc1F. The van der Waals surface area contributed by atoms with Crippen LogP contribution < -0.4 is 10.6 Å². The van der Waals surface area contributed by atoms with Crippen molar-refractivity contribution in [3.63, 3.8) is 0 Å². The van der Waals surface area contributed by atoms with E-state index in [1.807, 2.05) is 37.2 Å². The van der Waals surface area contributed by atoms with Gasteiger partial charge in [0.1, 0.15) is 5.82 Å². The molecule has 1 fully saturated rings. The van der Waals surface area contributed by atoms with E-state index in [-0.39, 0.29) is 28.8 Å². The van der Waals surface area contributed by atoms with Crippen LogP contribution in [0.1, 0.15) is 34.8 Å². The number of nitrogens with one attached hydrogen (secondary N) is 2. The molecule has 2 N–H and O–H groups in total. The molecule has 3 rings (SSSR count). The number of rotatable bonds is 8. The second-order valence-corrected chi connectivity index (χ2v) is 8.50. The summed E-state index contributed by atoms with van der Waals surface area (Å²) in [5, 5.41) is 5.52. The van der Waals surface area contributed by atoms with Crippen LogP contribution in [0.3, 0.4) is 0 Å². The van der Waals surface area contributed by atoms with Crippen LogP contribution in [0.5, 0.6) is 0 Å². The van der Waals surface area contributed by atoms with Gasteiger partial charge >= 0.3 is 0 Å². The minimum Gasteiger partial charge on any atom is -0.355 e. The minimum absolute atomic E-state index is 0.0148. The van der Waals surface area contributed by atoms with Crippen molar-refractivity contribution in [2.45, 2.75) is 31.2 Å². The Bertz CT molecular complexity index is 916. The first-order valence-electron chi connectivity index (χ1n) is 10.3. The van der Waals surface area contributed by atoms with Crippen LogP contribution in [-0.4, -0.2) is 50.4 Å². The summed E-state index contributed by atoms with van der Waals surface area (Å²) in [5.74, 6) is -0.937. The van der Waals surface area contributed by atoms with E-state index in [0.717, 1.165) is 12.0 Å². The van der Waals surface area contributed by atoms with Crippen LogP contribution >= 0.6 is 0 Å². The highest BCUT2D eigenvalue weighted by atomic mass is 19.1. The number of hydrogen-bond acceptors (Lipinski definition) is 3. The van der Waals surface area contributed by atoms with E-state index in [0.29, 0.717) is 13.0 Å². The van der Waals surface area contributed by atoms with Crippen molar-refractivity contribution < 1.29 is 14.0 Å². The van der Waals surface area contributed by atoms with Gasteiger partial charge < -0.3 is 15.5 Å². The lowest BCUT2D eigenvalue weighted by Gasteiger charge is -2.25. The number of amides is 2. The largest absolute Gasteiger partial charge is 0.355 e. The number of carbonyl (C=O) groups is 2. The van der Waals surface area contributed by atoms with E-state index < -0.39 is 11.7 Å². The molecule has 0 saturated heterocycles. The monoisotopic (exact) mass is 411 g/mol. The van der Waals surface area contributed by atoms with E-state index in [9.17, 15) is 14.0 Å². The Kier molecular flexibility index (Phi) is 6.56. The Hall–Kier alpha value is -2.73. The molecule has 0 heterocycles. The Morgan fingerprint density at radius 1 is 1.20 bits per heavy atom. The molecule has 3 atom stereocenters. The van der Waals surface area contributed by atoms with Crippen LogP contribution in [0, 0.1) is 11.7 Å². The molecule has 0 aromatic heterocycles. The molecule has 2 amide bonds. The van der Waals surface area contributed by atoms with Gasteiger partial charge in [0.25, 0.3) is 5.91 Å². The average Bonchev–Trinajstić information content (AvgIpc) is 3.44. The van der Waals surface area contributed by atoms with Crippen LogP contribution in [0.25, 0.3) is 0 Å². The molecule has 1 aliphatic rings. The first-order valence-corrected chi connectivity index (χ1v) is 10.3. The molecular weight excluding hydrogens is 381 g/mol. The lowest BCUT2D eigenvalue weighted by Crippen LogP contribution is -2.42. The highest BCUT2D eigenvalue weighted by Crippen LogP contribution is 2.53. The van der Waals surface area contributed by atoms with Gasteiger partial charge in [0.05, 0.1) is 5.56 Å². The lowest BCUT2D eigenvalue weighted by molar-refractivity contribution is -0.122. The van der Waals surface area contributed by atoms with Crippen LogP contribution in [0.2, 0.25) is 0 Å². The van der Waals surface area contributed by atoms with Crippen molar-refractivity contribution in [3.8, 4) is 0 Å². The van der Waals surface area contributed by atoms with Crippen molar-refractivity contribution in [2.24, 2.45) is 5.92 Å². The minimum atomic E-state index is -0.537. The second kappa shape index (κ2) is 8.96. The summed E-state index contributed by atoms with van der Waals surface area (Å²) in [6, 6.07) is 14.8. The van der Waals surface area contributed by atoms with Crippen molar-refractivity contribution in [3.05, 3.63) is 71.0 Å². The molecule has 2 aromatic carbocycles. The summed E-state index contributed by atoms with van der Waals surface area (Å²) in [5.41, 5.74) is 1.91. The predicted octanol–water partition coefficient (Wildman–Crippen LogP) is 2.75. The number of halogens is 1. The topological polar surface area (TPSA) is 61.4 Å². The average molecular weight is 412 g/mol. The third-order valence-electron chi connectivity index (χ3n) is 6.21. The van der Waals surface area contributed by atoms with E-state index in [1.54, 1.807) is 6.07 Å². The maximum absolute atomic E-state index is 14.3. The standard InChI is InChI=1S/C24H30FN3O2/c1-24(17-8-6-5-7-9-17)14-20(24)23(30)27-15-18(28(3)4)12-16-10-11-19(21(25)13-16)22(29)26-2/h5-11,13,18,20H,12,14-15H2,1-4H3,(H,26,29)(H,27,30)/t18-,20-,24+/m0/s1. The van der Waals surface area contributed by atoms with Crippen LogP contribution in [0.15, 0.2) is 48.5 Å². The zero-order valence-corrected chi connectivity index (χ0v) is 18.0. The molecule has 0 aliphatic heterocycles. The smallest absolute Gasteiger partial charge is 0.253 e. The summed E-state index contributed by atoms with van der Waals surface area (Å²) in [4.78, 5) is 26.4. The van der Waals surface area contributed by atoms with Gasteiger partial charge in [-0.2, -0.15) is 0 Å². The quantitative estimate of drug-likeness (QED) is 0.702. The number of benzene rings is 2. The summed E-state index contributed by atoms with van der Waals surface area (Å²) < 4.78 is 14.3. The van der Waals surface area contributed by atoms with Crippen molar-refractivity contribution in [1.29, 1.82) is 0 Å². The number of nitrogens with zero attached hydrogens (tertiary/aromatic N) is 1. The Morgan fingerprint density at radius 3 is 2.50 bits per heavy atom. The molecule has 0 spiro atoms. The fraction of sp³-hybridized carbons (Fsp3) is 0.417. The first-order chi connectivity index (χ1) is 14.3. The van der Waals surface area contributed by atoms with Gasteiger partial charge in [-0.05, 0) is 50.2 Å².